The van der Waals surface area contributed by atoms with Crippen LogP contribution in [-0.4, -0.2) is 18.8 Å². The van der Waals surface area contributed by atoms with E-state index >= 15 is 0 Å². The van der Waals surface area contributed by atoms with Gasteiger partial charge in [-0.15, -0.1) is 24.8 Å². The highest BCUT2D eigenvalue weighted by molar-refractivity contribution is 6.18. The molecule has 6 heteroatoms. The van der Waals surface area contributed by atoms with Crippen molar-refractivity contribution in [1.82, 2.24) is 5.32 Å². The van der Waals surface area contributed by atoms with Crippen LogP contribution in [0.15, 0.2) is 24.3 Å². The highest BCUT2D eigenvalue weighted by Crippen LogP contribution is 2.38. The molecule has 1 fully saturated rings. The largest absolute Gasteiger partial charge is 0.573 e. The van der Waals surface area contributed by atoms with E-state index in [2.05, 4.69) is 10.1 Å². The maximum absolute atomic E-state index is 12.1. The Kier molecular flexibility index (Phi) is 5.38. The molecule has 21 heavy (non-hydrogen) atoms. The first-order chi connectivity index (χ1) is 9.92. The zero-order valence-corrected chi connectivity index (χ0v) is 12.4. The molecule has 0 amide bonds. The first-order valence-corrected chi connectivity index (χ1v) is 7.57. The Labute approximate surface area is 127 Å². The Hall–Kier alpha value is -0.940. The first kappa shape index (κ1) is 16.4. The normalized spacial score (nSPS) is 17.9. The second-order valence-corrected chi connectivity index (χ2v) is 5.90. The van der Waals surface area contributed by atoms with Crippen LogP contribution in [0.4, 0.5) is 13.2 Å². The van der Waals surface area contributed by atoms with Crippen molar-refractivity contribution in [3.8, 4) is 5.75 Å². The van der Waals surface area contributed by atoms with Crippen LogP contribution in [0.5, 0.6) is 5.75 Å². The Morgan fingerprint density at radius 1 is 1.14 bits per heavy atom. The van der Waals surface area contributed by atoms with Crippen molar-refractivity contribution < 1.29 is 17.9 Å². The van der Waals surface area contributed by atoms with E-state index in [-0.39, 0.29) is 11.2 Å². The topological polar surface area (TPSA) is 21.3 Å². The lowest BCUT2D eigenvalue weighted by molar-refractivity contribution is -0.274. The quantitative estimate of drug-likeness (QED) is 0.780. The molecule has 0 bridgehead atoms. The lowest BCUT2D eigenvalue weighted by atomic mass is 9.88. The van der Waals surface area contributed by atoms with Gasteiger partial charge in [0.05, 0.1) is 0 Å². The maximum atomic E-state index is 12.1. The minimum Gasteiger partial charge on any atom is -0.406 e. The van der Waals surface area contributed by atoms with Gasteiger partial charge in [-0.2, -0.15) is 0 Å². The van der Waals surface area contributed by atoms with Crippen LogP contribution >= 0.6 is 11.6 Å². The van der Waals surface area contributed by atoms with E-state index < -0.39 is 6.36 Å². The minimum atomic E-state index is -4.64. The summed E-state index contributed by atoms with van der Waals surface area (Å²) in [6.07, 6.45) is 0.0778. The van der Waals surface area contributed by atoms with Gasteiger partial charge in [-0.3, -0.25) is 0 Å². The Balaban J connectivity index is 1.81. The fourth-order valence-electron chi connectivity index (χ4n) is 2.76. The van der Waals surface area contributed by atoms with Crippen molar-refractivity contribution in [2.24, 2.45) is 5.41 Å². The van der Waals surface area contributed by atoms with Crippen molar-refractivity contribution >= 4 is 11.6 Å². The molecule has 118 valence electrons. The molecule has 0 unspecified atom stereocenters. The average molecular weight is 322 g/mol. The lowest BCUT2D eigenvalue weighted by Crippen LogP contribution is -2.33. The monoisotopic (exact) mass is 321 g/mol. The third kappa shape index (κ3) is 5.08. The fourth-order valence-corrected chi connectivity index (χ4v) is 3.13. The zero-order chi connectivity index (χ0) is 15.3. The molecule has 1 aliphatic carbocycles. The van der Waals surface area contributed by atoms with Gasteiger partial charge in [0.25, 0.3) is 0 Å². The number of alkyl halides is 4. The molecular weight excluding hydrogens is 303 g/mol. The molecular formula is C15H19ClF3NO. The highest BCUT2D eigenvalue weighted by atomic mass is 35.5. The summed E-state index contributed by atoms with van der Waals surface area (Å²) in [4.78, 5) is 0. The van der Waals surface area contributed by atoms with Crippen LogP contribution in [0, 0.1) is 5.41 Å². The van der Waals surface area contributed by atoms with Crippen LogP contribution in [0.3, 0.4) is 0 Å². The zero-order valence-electron chi connectivity index (χ0n) is 11.7. The fraction of sp³-hybridized carbons (Fsp3) is 0.600. The van der Waals surface area contributed by atoms with Crippen molar-refractivity contribution in [3.05, 3.63) is 29.8 Å². The number of ether oxygens (including phenoxy) is 1. The molecule has 0 aliphatic heterocycles. The van der Waals surface area contributed by atoms with Crippen LogP contribution in [0.1, 0.15) is 31.2 Å². The van der Waals surface area contributed by atoms with Gasteiger partial charge >= 0.3 is 6.36 Å². The average Bonchev–Trinajstić information content (AvgIpc) is 2.89. The predicted molar refractivity (Wildman–Crippen MR) is 76.5 cm³/mol. The van der Waals surface area contributed by atoms with Gasteiger partial charge in [-0.05, 0) is 36.0 Å². The van der Waals surface area contributed by atoms with Gasteiger partial charge in [0.2, 0.25) is 0 Å². The molecule has 2 nitrogen and oxygen atoms in total. The van der Waals surface area contributed by atoms with Gasteiger partial charge in [-0.1, -0.05) is 25.0 Å². The molecule has 0 heterocycles. The SMILES string of the molecule is FC(F)(F)Oc1ccc(CNCC2(CCl)CCCC2)cc1. The van der Waals surface area contributed by atoms with Crippen molar-refractivity contribution in [2.75, 3.05) is 12.4 Å². The van der Waals surface area contributed by atoms with Gasteiger partial charge in [-0.25, -0.2) is 0 Å². The number of nitrogens with one attached hydrogen (secondary N) is 1. The molecule has 0 aromatic heterocycles. The van der Waals surface area contributed by atoms with E-state index in [0.29, 0.717) is 12.4 Å². The summed E-state index contributed by atoms with van der Waals surface area (Å²) in [5, 5.41) is 3.36. The second-order valence-electron chi connectivity index (χ2n) is 5.64. The van der Waals surface area contributed by atoms with Gasteiger partial charge < -0.3 is 10.1 Å². The summed E-state index contributed by atoms with van der Waals surface area (Å²) in [6.45, 7) is 1.46. The Morgan fingerprint density at radius 2 is 1.76 bits per heavy atom. The van der Waals surface area contributed by atoms with E-state index in [9.17, 15) is 13.2 Å². The predicted octanol–water partition coefficient (Wildman–Crippen LogP) is 4.47. The minimum absolute atomic E-state index is 0.181. The van der Waals surface area contributed by atoms with Crippen LogP contribution in [0.25, 0.3) is 0 Å². The van der Waals surface area contributed by atoms with E-state index in [1.54, 1.807) is 12.1 Å². The van der Waals surface area contributed by atoms with Gasteiger partial charge in [0.1, 0.15) is 5.75 Å². The molecule has 1 aromatic carbocycles. The molecule has 0 saturated heterocycles. The van der Waals surface area contributed by atoms with E-state index in [1.165, 1.54) is 25.0 Å². The molecule has 1 aromatic rings. The number of hydrogen-bond acceptors (Lipinski definition) is 2. The van der Waals surface area contributed by atoms with Crippen molar-refractivity contribution in [2.45, 2.75) is 38.6 Å². The van der Waals surface area contributed by atoms with Gasteiger partial charge in [0, 0.05) is 19.0 Å². The molecule has 0 radical (unpaired) electrons. The molecule has 1 aliphatic rings. The Morgan fingerprint density at radius 3 is 2.29 bits per heavy atom. The highest BCUT2D eigenvalue weighted by Gasteiger charge is 2.32. The molecule has 1 saturated carbocycles. The van der Waals surface area contributed by atoms with E-state index in [0.717, 1.165) is 24.9 Å². The summed E-state index contributed by atoms with van der Waals surface area (Å²) in [7, 11) is 0. The molecule has 0 atom stereocenters. The van der Waals surface area contributed by atoms with Crippen LogP contribution in [-0.2, 0) is 6.54 Å². The van der Waals surface area contributed by atoms with Crippen LogP contribution in [0.2, 0.25) is 0 Å². The second kappa shape index (κ2) is 6.88. The third-order valence-corrected chi connectivity index (χ3v) is 4.50. The van der Waals surface area contributed by atoms with Crippen molar-refractivity contribution in [1.29, 1.82) is 0 Å². The van der Waals surface area contributed by atoms with Crippen LogP contribution < -0.4 is 10.1 Å². The van der Waals surface area contributed by atoms with E-state index in [4.69, 9.17) is 11.6 Å². The number of rotatable bonds is 6. The number of hydrogen-bond donors (Lipinski definition) is 1. The van der Waals surface area contributed by atoms with Gasteiger partial charge in [0.15, 0.2) is 0 Å². The van der Waals surface area contributed by atoms with Crippen molar-refractivity contribution in [3.63, 3.8) is 0 Å². The standard InChI is InChI=1S/C15H19ClF3NO/c16-10-14(7-1-2-8-14)11-20-9-12-3-5-13(6-4-12)21-15(17,18)19/h3-6,20H,1-2,7-11H2. The molecule has 2 rings (SSSR count). The summed E-state index contributed by atoms with van der Waals surface area (Å²) >= 11 is 6.07. The summed E-state index contributed by atoms with van der Waals surface area (Å²) in [5.41, 5.74) is 1.10. The number of benzene rings is 1. The summed E-state index contributed by atoms with van der Waals surface area (Å²) in [6, 6.07) is 5.93. The first-order valence-electron chi connectivity index (χ1n) is 7.04. The van der Waals surface area contributed by atoms with E-state index in [1.807, 2.05) is 0 Å². The smallest absolute Gasteiger partial charge is 0.406 e. The number of halogens is 4. The third-order valence-electron chi connectivity index (χ3n) is 3.93. The summed E-state index contributed by atoms with van der Waals surface area (Å²) in [5.74, 6) is 0.456. The lowest BCUT2D eigenvalue weighted by Gasteiger charge is -2.26. The maximum Gasteiger partial charge on any atom is 0.573 e. The Bertz CT molecular complexity index is 441. The molecule has 1 N–H and O–H groups in total. The molecule has 0 spiro atoms. The summed E-state index contributed by atoms with van der Waals surface area (Å²) < 4.78 is 40.0.